The summed E-state index contributed by atoms with van der Waals surface area (Å²) < 4.78 is 6.42. The zero-order chi connectivity index (χ0) is 15.7. The van der Waals surface area contributed by atoms with E-state index in [0.717, 1.165) is 25.4 Å². The zero-order valence-electron chi connectivity index (χ0n) is 14.4. The highest BCUT2D eigenvalue weighted by atomic mass is 28.4. The van der Waals surface area contributed by atoms with E-state index in [1.165, 1.54) is 11.1 Å². The van der Waals surface area contributed by atoms with Crippen LogP contribution in [0.2, 0.25) is 26.2 Å². The van der Waals surface area contributed by atoms with Gasteiger partial charge in [0.2, 0.25) is 0 Å². The first-order valence-corrected chi connectivity index (χ1v) is 14.0. The first-order valence-electron chi connectivity index (χ1n) is 7.80. The number of benzene rings is 1. The van der Waals surface area contributed by atoms with Crippen LogP contribution in [-0.4, -0.2) is 52.9 Å². The SMILES string of the molecule is CN(C)Cc1ccc(CN2C[Si](C)(C)O[Si](C)(C)C2)cc1. The summed E-state index contributed by atoms with van der Waals surface area (Å²) in [4.78, 5) is 4.84. The second-order valence-corrected chi connectivity index (χ2v) is 16.3. The molecule has 0 spiro atoms. The molecule has 1 aromatic rings. The molecule has 2 rings (SSSR count). The van der Waals surface area contributed by atoms with Gasteiger partial charge < -0.3 is 9.02 Å². The molecule has 0 aliphatic carbocycles. The van der Waals surface area contributed by atoms with E-state index in [0.29, 0.717) is 0 Å². The minimum absolute atomic E-state index is 1.01. The van der Waals surface area contributed by atoms with Crippen molar-refractivity contribution in [1.29, 1.82) is 0 Å². The number of rotatable bonds is 4. The minimum atomic E-state index is -1.49. The number of hydrogen-bond donors (Lipinski definition) is 0. The Bertz CT molecular complexity index is 456. The normalized spacial score (nSPS) is 21.7. The lowest BCUT2D eigenvalue weighted by molar-refractivity contribution is 0.291. The standard InChI is InChI=1S/C16H30N2OSi2/c1-17(2)11-15-7-9-16(10-8-15)12-18-13-20(3,4)19-21(5,6)14-18/h7-10H,11-14H2,1-6H3. The smallest absolute Gasteiger partial charge is 0.187 e. The van der Waals surface area contributed by atoms with Gasteiger partial charge in [-0.25, -0.2) is 0 Å². The second kappa shape index (κ2) is 6.34. The van der Waals surface area contributed by atoms with Crippen LogP contribution >= 0.6 is 0 Å². The maximum Gasteiger partial charge on any atom is 0.187 e. The van der Waals surface area contributed by atoms with Crippen LogP contribution in [-0.2, 0) is 17.2 Å². The highest BCUT2D eigenvalue weighted by Gasteiger charge is 2.41. The largest absolute Gasteiger partial charge is 0.454 e. The monoisotopic (exact) mass is 322 g/mol. The van der Waals surface area contributed by atoms with Crippen LogP contribution < -0.4 is 0 Å². The van der Waals surface area contributed by atoms with Crippen LogP contribution in [0.25, 0.3) is 0 Å². The zero-order valence-corrected chi connectivity index (χ0v) is 16.4. The lowest BCUT2D eigenvalue weighted by atomic mass is 10.1. The van der Waals surface area contributed by atoms with Crippen LogP contribution in [0.15, 0.2) is 24.3 Å². The van der Waals surface area contributed by atoms with Crippen molar-refractivity contribution in [3.63, 3.8) is 0 Å². The summed E-state index contributed by atoms with van der Waals surface area (Å²) in [6.45, 7) is 11.5. The van der Waals surface area contributed by atoms with E-state index in [-0.39, 0.29) is 0 Å². The van der Waals surface area contributed by atoms with Crippen molar-refractivity contribution in [3.8, 4) is 0 Å². The number of nitrogens with zero attached hydrogens (tertiary/aromatic N) is 2. The predicted molar refractivity (Wildman–Crippen MR) is 95.2 cm³/mol. The van der Waals surface area contributed by atoms with Gasteiger partial charge in [-0.2, -0.15) is 0 Å². The number of hydrogen-bond acceptors (Lipinski definition) is 3. The molecule has 1 aliphatic rings. The molecular weight excluding hydrogens is 292 g/mol. The Labute approximate surface area is 132 Å². The molecular formula is C16H30N2OSi2. The minimum Gasteiger partial charge on any atom is -0.454 e. The van der Waals surface area contributed by atoms with Gasteiger partial charge in [0, 0.05) is 25.4 Å². The van der Waals surface area contributed by atoms with E-state index in [1.54, 1.807) is 0 Å². The highest BCUT2D eigenvalue weighted by molar-refractivity contribution is 6.86. The molecule has 1 heterocycles. The second-order valence-electron chi connectivity index (χ2n) is 7.82. The summed E-state index contributed by atoms with van der Waals surface area (Å²) in [7, 11) is 1.24. The van der Waals surface area contributed by atoms with Crippen molar-refractivity contribution >= 4 is 16.6 Å². The molecule has 0 saturated carbocycles. The van der Waals surface area contributed by atoms with Gasteiger partial charge in [-0.05, 0) is 51.4 Å². The van der Waals surface area contributed by atoms with Crippen molar-refractivity contribution < 1.29 is 4.12 Å². The molecule has 1 aromatic carbocycles. The van der Waals surface area contributed by atoms with Gasteiger partial charge in [0.1, 0.15) is 0 Å². The third-order valence-electron chi connectivity index (χ3n) is 3.69. The topological polar surface area (TPSA) is 15.7 Å². The van der Waals surface area contributed by atoms with E-state index >= 15 is 0 Å². The van der Waals surface area contributed by atoms with E-state index in [1.807, 2.05) is 0 Å². The van der Waals surface area contributed by atoms with Crippen LogP contribution in [0.5, 0.6) is 0 Å². The summed E-state index contributed by atoms with van der Waals surface area (Å²) in [6.07, 6.45) is 2.31. The van der Waals surface area contributed by atoms with E-state index < -0.39 is 16.6 Å². The van der Waals surface area contributed by atoms with Crippen molar-refractivity contribution in [3.05, 3.63) is 35.4 Å². The maximum atomic E-state index is 6.42. The quantitative estimate of drug-likeness (QED) is 0.792. The average molecular weight is 323 g/mol. The Morgan fingerprint density at radius 1 is 0.952 bits per heavy atom. The third-order valence-corrected chi connectivity index (χ3v) is 10.5. The summed E-state index contributed by atoms with van der Waals surface area (Å²) in [5.41, 5.74) is 2.81. The summed E-state index contributed by atoms with van der Waals surface area (Å²) in [5.74, 6) is 0. The first kappa shape index (κ1) is 16.9. The average Bonchev–Trinajstić information content (AvgIpc) is 2.26. The molecule has 0 atom stereocenters. The van der Waals surface area contributed by atoms with Gasteiger partial charge in [-0.15, -0.1) is 0 Å². The van der Waals surface area contributed by atoms with Crippen LogP contribution in [0.3, 0.4) is 0 Å². The molecule has 1 aliphatic heterocycles. The third kappa shape index (κ3) is 5.34. The Hall–Kier alpha value is -0.466. The molecule has 118 valence electrons. The Kier molecular flexibility index (Phi) is 5.10. The first-order chi connectivity index (χ1) is 9.65. The van der Waals surface area contributed by atoms with Gasteiger partial charge in [0.15, 0.2) is 16.6 Å². The van der Waals surface area contributed by atoms with E-state index in [9.17, 15) is 0 Å². The molecule has 0 N–H and O–H groups in total. The molecule has 0 aromatic heterocycles. The fourth-order valence-electron chi connectivity index (χ4n) is 3.43. The van der Waals surface area contributed by atoms with E-state index in [2.05, 4.69) is 74.3 Å². The van der Waals surface area contributed by atoms with Crippen LogP contribution in [0.4, 0.5) is 0 Å². The lowest BCUT2D eigenvalue weighted by Crippen LogP contribution is -2.62. The van der Waals surface area contributed by atoms with Crippen molar-refractivity contribution in [2.24, 2.45) is 0 Å². The molecule has 0 amide bonds. The molecule has 3 nitrogen and oxygen atoms in total. The molecule has 0 radical (unpaired) electrons. The van der Waals surface area contributed by atoms with Crippen LogP contribution in [0.1, 0.15) is 11.1 Å². The van der Waals surface area contributed by atoms with Gasteiger partial charge in [-0.3, -0.25) is 4.90 Å². The summed E-state index contributed by atoms with van der Waals surface area (Å²) in [5, 5.41) is 0. The molecule has 1 fully saturated rings. The molecule has 5 heteroatoms. The molecule has 1 saturated heterocycles. The Balaban J connectivity index is 2.00. The fourth-order valence-corrected chi connectivity index (χ4v) is 12.8. The highest BCUT2D eigenvalue weighted by Crippen LogP contribution is 2.24. The Morgan fingerprint density at radius 3 is 1.90 bits per heavy atom. The van der Waals surface area contributed by atoms with Crippen molar-refractivity contribution in [1.82, 2.24) is 9.80 Å². The van der Waals surface area contributed by atoms with Crippen LogP contribution in [0, 0.1) is 0 Å². The Morgan fingerprint density at radius 2 is 1.43 bits per heavy atom. The van der Waals surface area contributed by atoms with Gasteiger partial charge in [0.05, 0.1) is 0 Å². The predicted octanol–water partition coefficient (Wildman–Crippen LogP) is 3.07. The maximum absolute atomic E-state index is 6.42. The molecule has 21 heavy (non-hydrogen) atoms. The van der Waals surface area contributed by atoms with Crippen molar-refractivity contribution in [2.75, 3.05) is 26.4 Å². The lowest BCUT2D eigenvalue weighted by Gasteiger charge is -2.45. The van der Waals surface area contributed by atoms with E-state index in [4.69, 9.17) is 4.12 Å². The fraction of sp³-hybridized carbons (Fsp3) is 0.625. The summed E-state index contributed by atoms with van der Waals surface area (Å²) >= 11 is 0. The summed E-state index contributed by atoms with van der Waals surface area (Å²) in [6, 6.07) is 9.11. The van der Waals surface area contributed by atoms with Gasteiger partial charge >= 0.3 is 0 Å². The molecule has 0 unspecified atom stereocenters. The van der Waals surface area contributed by atoms with Crippen molar-refractivity contribution in [2.45, 2.75) is 39.3 Å². The van der Waals surface area contributed by atoms with Gasteiger partial charge in [-0.1, -0.05) is 24.3 Å². The molecule has 0 bridgehead atoms. The van der Waals surface area contributed by atoms with Gasteiger partial charge in [0.25, 0.3) is 0 Å².